The third-order valence-corrected chi connectivity index (χ3v) is 3.43. The fourth-order valence-electron chi connectivity index (χ4n) is 2.38. The Bertz CT molecular complexity index is 551. The number of nitrogens with one attached hydrogen (secondary N) is 1. The average molecular weight is 298 g/mol. The van der Waals surface area contributed by atoms with Crippen molar-refractivity contribution in [1.29, 1.82) is 0 Å². The molecule has 0 spiro atoms. The molecule has 1 heterocycles. The van der Waals surface area contributed by atoms with Crippen LogP contribution in [0.1, 0.15) is 12.8 Å². The molecule has 5 nitrogen and oxygen atoms in total. The van der Waals surface area contributed by atoms with Crippen LogP contribution in [0.25, 0.3) is 0 Å². The summed E-state index contributed by atoms with van der Waals surface area (Å²) in [6, 6.07) is 2.90. The SMILES string of the molecule is O=C(CN1CCCC(C(=O)O)C1)Nc1ccc(F)cc1F. The Morgan fingerprint density at radius 1 is 1.38 bits per heavy atom. The lowest BCUT2D eigenvalue weighted by molar-refractivity contribution is -0.144. The van der Waals surface area contributed by atoms with E-state index in [2.05, 4.69) is 5.32 Å². The van der Waals surface area contributed by atoms with Crippen molar-refractivity contribution in [3.63, 3.8) is 0 Å². The number of hydrogen-bond acceptors (Lipinski definition) is 3. The molecule has 2 rings (SSSR count). The van der Waals surface area contributed by atoms with Gasteiger partial charge in [-0.15, -0.1) is 0 Å². The molecule has 1 aromatic rings. The number of piperidine rings is 1. The first-order chi connectivity index (χ1) is 9.95. The van der Waals surface area contributed by atoms with E-state index in [0.29, 0.717) is 32.0 Å². The van der Waals surface area contributed by atoms with E-state index in [1.807, 2.05) is 0 Å². The van der Waals surface area contributed by atoms with Crippen LogP contribution in [0.4, 0.5) is 14.5 Å². The molecular weight excluding hydrogens is 282 g/mol. The van der Waals surface area contributed by atoms with Gasteiger partial charge in [-0.2, -0.15) is 0 Å². The molecule has 2 N–H and O–H groups in total. The first-order valence-electron chi connectivity index (χ1n) is 6.66. The van der Waals surface area contributed by atoms with Crippen LogP contribution in [0.3, 0.4) is 0 Å². The number of carboxylic acid groups (broad SMARTS) is 1. The topological polar surface area (TPSA) is 69.6 Å². The number of carbonyl (C=O) groups excluding carboxylic acids is 1. The second-order valence-corrected chi connectivity index (χ2v) is 5.08. The van der Waals surface area contributed by atoms with Crippen molar-refractivity contribution in [3.05, 3.63) is 29.8 Å². The second kappa shape index (κ2) is 6.62. The minimum Gasteiger partial charge on any atom is -0.481 e. The molecule has 7 heteroatoms. The lowest BCUT2D eigenvalue weighted by Gasteiger charge is -2.29. The van der Waals surface area contributed by atoms with Gasteiger partial charge in [0.2, 0.25) is 5.91 Å². The molecule has 0 aromatic heterocycles. The molecule has 0 saturated carbocycles. The number of amides is 1. The number of anilines is 1. The maximum atomic E-state index is 13.4. The van der Waals surface area contributed by atoms with E-state index in [0.717, 1.165) is 12.1 Å². The standard InChI is InChI=1S/C14H16F2N2O3/c15-10-3-4-12(11(16)6-10)17-13(19)8-18-5-1-2-9(7-18)14(20)21/h3-4,6,9H,1-2,5,7-8H2,(H,17,19)(H,20,21). The van der Waals surface area contributed by atoms with Gasteiger partial charge in [0.1, 0.15) is 11.6 Å². The predicted molar refractivity (Wildman–Crippen MR) is 71.8 cm³/mol. The highest BCUT2D eigenvalue weighted by molar-refractivity contribution is 5.92. The summed E-state index contributed by atoms with van der Waals surface area (Å²) in [5.41, 5.74) is -0.0896. The molecule has 1 saturated heterocycles. The Labute approximate surface area is 120 Å². The van der Waals surface area contributed by atoms with Crippen molar-refractivity contribution in [2.45, 2.75) is 12.8 Å². The van der Waals surface area contributed by atoms with Gasteiger partial charge in [0.05, 0.1) is 18.2 Å². The molecule has 1 fully saturated rings. The molecule has 1 aliphatic heterocycles. The van der Waals surface area contributed by atoms with Gasteiger partial charge in [-0.1, -0.05) is 0 Å². The first kappa shape index (κ1) is 15.4. The predicted octanol–water partition coefficient (Wildman–Crippen LogP) is 1.70. The number of hydrogen-bond donors (Lipinski definition) is 2. The van der Waals surface area contributed by atoms with Crippen molar-refractivity contribution in [2.75, 3.05) is 25.0 Å². The van der Waals surface area contributed by atoms with Gasteiger partial charge in [-0.25, -0.2) is 8.78 Å². The molecule has 1 aliphatic rings. The number of aliphatic carboxylic acids is 1. The zero-order valence-electron chi connectivity index (χ0n) is 11.3. The highest BCUT2D eigenvalue weighted by Crippen LogP contribution is 2.17. The monoisotopic (exact) mass is 298 g/mol. The van der Waals surface area contributed by atoms with E-state index in [4.69, 9.17) is 5.11 Å². The van der Waals surface area contributed by atoms with Gasteiger partial charge in [0, 0.05) is 12.6 Å². The van der Waals surface area contributed by atoms with Crippen LogP contribution in [0.15, 0.2) is 18.2 Å². The zero-order chi connectivity index (χ0) is 15.4. The summed E-state index contributed by atoms with van der Waals surface area (Å²) in [7, 11) is 0. The van der Waals surface area contributed by atoms with Crippen LogP contribution in [0.2, 0.25) is 0 Å². The minimum absolute atomic E-state index is 0.0133. The maximum Gasteiger partial charge on any atom is 0.307 e. The summed E-state index contributed by atoms with van der Waals surface area (Å²) < 4.78 is 26.2. The van der Waals surface area contributed by atoms with E-state index in [9.17, 15) is 18.4 Å². The van der Waals surface area contributed by atoms with Crippen molar-refractivity contribution in [3.8, 4) is 0 Å². The Morgan fingerprint density at radius 2 is 2.14 bits per heavy atom. The van der Waals surface area contributed by atoms with Crippen molar-refractivity contribution >= 4 is 17.6 Å². The van der Waals surface area contributed by atoms with Crippen LogP contribution in [0, 0.1) is 17.6 Å². The average Bonchev–Trinajstić information content (AvgIpc) is 2.42. The van der Waals surface area contributed by atoms with E-state index in [-0.39, 0.29) is 12.2 Å². The van der Waals surface area contributed by atoms with Gasteiger partial charge in [0.25, 0.3) is 0 Å². The lowest BCUT2D eigenvalue weighted by Crippen LogP contribution is -2.42. The van der Waals surface area contributed by atoms with Gasteiger partial charge < -0.3 is 10.4 Å². The highest BCUT2D eigenvalue weighted by atomic mass is 19.1. The van der Waals surface area contributed by atoms with Crippen LogP contribution >= 0.6 is 0 Å². The third kappa shape index (κ3) is 4.22. The van der Waals surface area contributed by atoms with Crippen LogP contribution in [-0.2, 0) is 9.59 Å². The molecule has 0 bridgehead atoms. The van der Waals surface area contributed by atoms with Crippen LogP contribution in [0.5, 0.6) is 0 Å². The molecule has 114 valence electrons. The Morgan fingerprint density at radius 3 is 2.81 bits per heavy atom. The molecular formula is C14H16F2N2O3. The fraction of sp³-hybridized carbons (Fsp3) is 0.429. The van der Waals surface area contributed by atoms with Crippen LogP contribution in [-0.4, -0.2) is 41.5 Å². The Hall–Kier alpha value is -2.02. The number of carboxylic acids is 1. The summed E-state index contributed by atoms with van der Waals surface area (Å²) >= 11 is 0. The molecule has 0 radical (unpaired) electrons. The van der Waals surface area contributed by atoms with E-state index < -0.39 is 29.4 Å². The molecule has 1 amide bonds. The fourth-order valence-corrected chi connectivity index (χ4v) is 2.38. The number of likely N-dealkylation sites (tertiary alicyclic amines) is 1. The largest absolute Gasteiger partial charge is 0.481 e. The van der Waals surface area contributed by atoms with E-state index in [1.54, 1.807) is 4.90 Å². The minimum atomic E-state index is -0.871. The number of carbonyl (C=O) groups is 2. The summed E-state index contributed by atoms with van der Waals surface area (Å²) in [5.74, 6) is -3.36. The zero-order valence-corrected chi connectivity index (χ0v) is 11.3. The lowest BCUT2D eigenvalue weighted by atomic mass is 9.98. The molecule has 1 atom stereocenters. The van der Waals surface area contributed by atoms with Gasteiger partial charge in [-0.3, -0.25) is 14.5 Å². The first-order valence-corrected chi connectivity index (χ1v) is 6.66. The van der Waals surface area contributed by atoms with E-state index in [1.165, 1.54) is 0 Å². The van der Waals surface area contributed by atoms with Gasteiger partial charge in [-0.05, 0) is 31.5 Å². The van der Waals surface area contributed by atoms with Crippen molar-refractivity contribution in [2.24, 2.45) is 5.92 Å². The molecule has 21 heavy (non-hydrogen) atoms. The highest BCUT2D eigenvalue weighted by Gasteiger charge is 2.26. The normalized spacial score (nSPS) is 19.2. The van der Waals surface area contributed by atoms with Crippen molar-refractivity contribution in [1.82, 2.24) is 4.90 Å². The number of halogens is 2. The smallest absolute Gasteiger partial charge is 0.307 e. The second-order valence-electron chi connectivity index (χ2n) is 5.08. The van der Waals surface area contributed by atoms with Crippen molar-refractivity contribution < 1.29 is 23.5 Å². The maximum absolute atomic E-state index is 13.4. The Balaban J connectivity index is 1.91. The molecule has 1 unspecified atom stereocenters. The number of rotatable bonds is 4. The summed E-state index contributed by atoms with van der Waals surface area (Å²) in [4.78, 5) is 24.5. The Kier molecular flexibility index (Phi) is 4.85. The van der Waals surface area contributed by atoms with Gasteiger partial charge in [0.15, 0.2) is 0 Å². The number of nitrogens with zero attached hydrogens (tertiary/aromatic N) is 1. The number of benzene rings is 1. The summed E-state index contributed by atoms with van der Waals surface area (Å²) in [5, 5.41) is 11.3. The summed E-state index contributed by atoms with van der Waals surface area (Å²) in [6.45, 7) is 0.915. The third-order valence-electron chi connectivity index (χ3n) is 3.43. The van der Waals surface area contributed by atoms with Crippen LogP contribution < -0.4 is 5.32 Å². The van der Waals surface area contributed by atoms with E-state index >= 15 is 0 Å². The molecule has 1 aromatic carbocycles. The molecule has 0 aliphatic carbocycles. The summed E-state index contributed by atoms with van der Waals surface area (Å²) in [6.07, 6.45) is 1.30. The van der Waals surface area contributed by atoms with Gasteiger partial charge >= 0.3 is 5.97 Å². The quantitative estimate of drug-likeness (QED) is 0.887.